The molecule has 3 unspecified atom stereocenters. The molecule has 208 valence electrons. The molecule has 1 aromatic heterocycles. The Bertz CT molecular complexity index is 1190. The smallest absolute Gasteiger partial charge is 0.306 e. The molecule has 2 bridgehead atoms. The highest BCUT2D eigenvalue weighted by Crippen LogP contribution is 2.21. The van der Waals surface area contributed by atoms with Gasteiger partial charge in [-0.25, -0.2) is 0 Å². The topological polar surface area (TPSA) is 132 Å². The SMILES string of the molecule is CC(C)C(CC(=O)OCc1ccccc1)C(=O)NC(C(=O)CC1Cc2ccnc(c2)CNC(=O)C1=O)C(C)C. The highest BCUT2D eigenvalue weighted by Gasteiger charge is 2.35. The van der Waals surface area contributed by atoms with Crippen LogP contribution in [0.15, 0.2) is 48.7 Å². The number of nitrogens with zero attached hydrogens (tertiary/aromatic N) is 1. The predicted molar refractivity (Wildman–Crippen MR) is 144 cm³/mol. The lowest BCUT2D eigenvalue weighted by Gasteiger charge is -2.27. The van der Waals surface area contributed by atoms with Crippen LogP contribution >= 0.6 is 0 Å². The van der Waals surface area contributed by atoms with Crippen molar-refractivity contribution in [2.24, 2.45) is 23.7 Å². The Kier molecular flexibility index (Phi) is 10.5. The van der Waals surface area contributed by atoms with E-state index in [0.29, 0.717) is 5.69 Å². The summed E-state index contributed by atoms with van der Waals surface area (Å²) in [6.45, 7) is 7.51. The molecule has 9 heteroatoms. The van der Waals surface area contributed by atoms with Gasteiger partial charge in [-0.05, 0) is 41.5 Å². The van der Waals surface area contributed by atoms with Gasteiger partial charge >= 0.3 is 5.97 Å². The van der Waals surface area contributed by atoms with Gasteiger partial charge in [-0.3, -0.25) is 29.0 Å². The number of carbonyl (C=O) groups is 5. The van der Waals surface area contributed by atoms with Gasteiger partial charge in [0.1, 0.15) is 6.61 Å². The van der Waals surface area contributed by atoms with Gasteiger partial charge in [0.15, 0.2) is 5.78 Å². The van der Waals surface area contributed by atoms with Crippen molar-refractivity contribution in [3.05, 3.63) is 65.5 Å². The molecule has 0 aliphatic carbocycles. The lowest BCUT2D eigenvalue weighted by molar-refractivity contribution is -0.149. The van der Waals surface area contributed by atoms with Crippen molar-refractivity contribution in [3.8, 4) is 0 Å². The molecule has 0 saturated carbocycles. The molecule has 9 nitrogen and oxygen atoms in total. The fourth-order valence-electron chi connectivity index (χ4n) is 4.59. The van der Waals surface area contributed by atoms with Gasteiger partial charge in [0.2, 0.25) is 11.7 Å². The van der Waals surface area contributed by atoms with Crippen molar-refractivity contribution in [2.75, 3.05) is 0 Å². The number of nitrogens with one attached hydrogen (secondary N) is 2. The number of aromatic nitrogens is 1. The van der Waals surface area contributed by atoms with Crippen molar-refractivity contribution in [1.82, 2.24) is 15.6 Å². The van der Waals surface area contributed by atoms with Crippen molar-refractivity contribution in [2.45, 2.75) is 66.2 Å². The van der Waals surface area contributed by atoms with Gasteiger partial charge in [-0.1, -0.05) is 58.0 Å². The summed E-state index contributed by atoms with van der Waals surface area (Å²) >= 11 is 0. The molecule has 1 aromatic carbocycles. The van der Waals surface area contributed by atoms with E-state index >= 15 is 0 Å². The number of ketones is 2. The van der Waals surface area contributed by atoms with Gasteiger partial charge in [0.25, 0.3) is 5.91 Å². The van der Waals surface area contributed by atoms with E-state index in [1.54, 1.807) is 26.1 Å². The summed E-state index contributed by atoms with van der Waals surface area (Å²) in [6.07, 6.45) is 1.51. The first-order chi connectivity index (χ1) is 18.5. The molecule has 1 aliphatic rings. The quantitative estimate of drug-likeness (QED) is 0.334. The molecule has 0 fully saturated rings. The zero-order valence-electron chi connectivity index (χ0n) is 22.9. The predicted octanol–water partition coefficient (Wildman–Crippen LogP) is 2.94. The van der Waals surface area contributed by atoms with Crippen molar-refractivity contribution in [3.63, 3.8) is 0 Å². The van der Waals surface area contributed by atoms with E-state index in [1.165, 1.54) is 0 Å². The number of rotatable bonds is 11. The third-order valence-corrected chi connectivity index (χ3v) is 6.92. The standard InChI is InChI=1S/C30H37N3O6/c1-18(2)24(15-26(35)39-17-20-8-6-5-7-9-20)29(37)33-27(19(3)4)25(34)14-22-12-21-10-11-31-23(13-21)16-32-30(38)28(22)36/h5-11,13,18-19,22,24,27H,12,14-17H2,1-4H3,(H,32,38)(H,33,37). The normalized spacial score (nSPS) is 16.9. The van der Waals surface area contributed by atoms with Gasteiger partial charge < -0.3 is 15.4 Å². The van der Waals surface area contributed by atoms with Crippen LogP contribution in [0, 0.1) is 23.7 Å². The van der Waals surface area contributed by atoms with Gasteiger partial charge in [-0.15, -0.1) is 0 Å². The van der Waals surface area contributed by atoms with Crippen LogP contribution < -0.4 is 10.6 Å². The largest absolute Gasteiger partial charge is 0.461 e. The van der Waals surface area contributed by atoms with Crippen LogP contribution in [0.4, 0.5) is 0 Å². The van der Waals surface area contributed by atoms with Crippen LogP contribution in [0.1, 0.15) is 57.4 Å². The van der Waals surface area contributed by atoms with Crippen molar-refractivity contribution in [1.29, 1.82) is 0 Å². The summed E-state index contributed by atoms with van der Waals surface area (Å²) in [5.74, 6) is -4.70. The Labute approximate surface area is 229 Å². The molecule has 0 radical (unpaired) electrons. The molecule has 2 amide bonds. The summed E-state index contributed by atoms with van der Waals surface area (Å²) in [5, 5.41) is 5.38. The molecule has 3 rings (SSSR count). The summed E-state index contributed by atoms with van der Waals surface area (Å²) in [6, 6.07) is 12.0. The molecule has 0 saturated heterocycles. The number of ether oxygens (including phenoxy) is 1. The van der Waals surface area contributed by atoms with E-state index in [9.17, 15) is 24.0 Å². The first-order valence-electron chi connectivity index (χ1n) is 13.3. The second-order valence-corrected chi connectivity index (χ2v) is 10.7. The van der Waals surface area contributed by atoms with Crippen LogP contribution in [-0.2, 0) is 48.3 Å². The number of fused-ring (bicyclic) bond motifs is 2. The van der Waals surface area contributed by atoms with Crippen LogP contribution in [0.5, 0.6) is 0 Å². The second kappa shape index (κ2) is 13.8. The molecule has 0 spiro atoms. The molecule has 2 aromatic rings. The zero-order valence-corrected chi connectivity index (χ0v) is 22.9. The average molecular weight is 536 g/mol. The Morgan fingerprint density at radius 1 is 1.05 bits per heavy atom. The van der Waals surface area contributed by atoms with Crippen LogP contribution in [0.25, 0.3) is 0 Å². The Morgan fingerprint density at radius 2 is 1.77 bits per heavy atom. The fourth-order valence-corrected chi connectivity index (χ4v) is 4.59. The van der Waals surface area contributed by atoms with Crippen LogP contribution in [0.2, 0.25) is 0 Å². The summed E-state index contributed by atoms with van der Waals surface area (Å²) in [5.41, 5.74) is 2.29. The van der Waals surface area contributed by atoms with E-state index in [4.69, 9.17) is 4.74 Å². The van der Waals surface area contributed by atoms with Gasteiger partial charge in [-0.2, -0.15) is 0 Å². The molecule has 39 heavy (non-hydrogen) atoms. The number of amides is 2. The maximum Gasteiger partial charge on any atom is 0.306 e. The lowest BCUT2D eigenvalue weighted by Crippen LogP contribution is -2.49. The van der Waals surface area contributed by atoms with E-state index in [-0.39, 0.29) is 50.0 Å². The number of hydrogen-bond acceptors (Lipinski definition) is 7. The summed E-state index contributed by atoms with van der Waals surface area (Å²) < 4.78 is 5.37. The minimum Gasteiger partial charge on any atom is -0.461 e. The van der Waals surface area contributed by atoms with E-state index in [0.717, 1.165) is 11.1 Å². The maximum absolute atomic E-state index is 13.4. The van der Waals surface area contributed by atoms with E-state index in [1.807, 2.05) is 50.2 Å². The molecular weight excluding hydrogens is 498 g/mol. The minimum atomic E-state index is -0.879. The second-order valence-electron chi connectivity index (χ2n) is 10.7. The third-order valence-electron chi connectivity index (χ3n) is 6.92. The first-order valence-corrected chi connectivity index (χ1v) is 13.3. The van der Waals surface area contributed by atoms with E-state index < -0.39 is 41.4 Å². The number of esters is 1. The number of pyridine rings is 1. The average Bonchev–Trinajstić information content (AvgIpc) is 2.94. The highest BCUT2D eigenvalue weighted by atomic mass is 16.5. The number of carbonyl (C=O) groups excluding carboxylic acids is 5. The number of hydrogen-bond donors (Lipinski definition) is 2. The van der Waals surface area contributed by atoms with Crippen molar-refractivity contribution >= 4 is 29.4 Å². The monoisotopic (exact) mass is 535 g/mol. The fraction of sp³-hybridized carbons (Fsp3) is 0.467. The highest BCUT2D eigenvalue weighted by molar-refractivity contribution is 6.37. The van der Waals surface area contributed by atoms with Gasteiger partial charge in [0, 0.05) is 18.5 Å². The van der Waals surface area contributed by atoms with Crippen LogP contribution in [0.3, 0.4) is 0 Å². The maximum atomic E-state index is 13.4. The molecule has 2 heterocycles. The third kappa shape index (κ3) is 8.56. The molecule has 1 aliphatic heterocycles. The van der Waals surface area contributed by atoms with E-state index in [2.05, 4.69) is 15.6 Å². The molecule has 2 N–H and O–H groups in total. The number of benzene rings is 1. The number of Topliss-reactive ketones (excluding diaryl/α,β-unsaturated/α-hetero) is 2. The molecular formula is C30H37N3O6. The Morgan fingerprint density at radius 3 is 2.44 bits per heavy atom. The first kappa shape index (κ1) is 29.7. The molecule has 3 atom stereocenters. The Hall–Kier alpha value is -3.88. The Balaban J connectivity index is 1.67. The minimum absolute atomic E-state index is 0.112. The summed E-state index contributed by atoms with van der Waals surface area (Å²) in [4.78, 5) is 68.7. The van der Waals surface area contributed by atoms with Crippen molar-refractivity contribution < 1.29 is 28.7 Å². The van der Waals surface area contributed by atoms with Crippen LogP contribution in [-0.4, -0.2) is 40.4 Å². The van der Waals surface area contributed by atoms with Gasteiger partial charge in [0.05, 0.1) is 30.6 Å². The zero-order chi connectivity index (χ0) is 28.5. The summed E-state index contributed by atoms with van der Waals surface area (Å²) in [7, 11) is 0. The lowest BCUT2D eigenvalue weighted by atomic mass is 9.85.